The van der Waals surface area contributed by atoms with Gasteiger partial charge in [0.2, 0.25) is 0 Å². The van der Waals surface area contributed by atoms with Gasteiger partial charge in [0.05, 0.1) is 18.4 Å². The first kappa shape index (κ1) is 24.7. The van der Waals surface area contributed by atoms with Crippen LogP contribution in [0.3, 0.4) is 0 Å². The highest BCUT2D eigenvalue weighted by atomic mass is 35.5. The third-order valence-corrected chi connectivity index (χ3v) is 6.87. The minimum atomic E-state index is -0.0508. The van der Waals surface area contributed by atoms with Crippen molar-refractivity contribution >= 4 is 17.5 Å². The van der Waals surface area contributed by atoms with Crippen LogP contribution in [-0.4, -0.2) is 35.7 Å². The summed E-state index contributed by atoms with van der Waals surface area (Å²) in [4.78, 5) is 13.3. The van der Waals surface area contributed by atoms with E-state index in [1.165, 1.54) is 32.1 Å². The number of nitrogens with one attached hydrogen (secondary N) is 1. The van der Waals surface area contributed by atoms with E-state index in [0.717, 1.165) is 55.2 Å². The molecule has 1 N–H and O–H groups in total. The van der Waals surface area contributed by atoms with Crippen LogP contribution in [0.15, 0.2) is 24.3 Å². The number of halogens is 1. The molecule has 32 heavy (non-hydrogen) atoms. The third-order valence-electron chi connectivity index (χ3n) is 6.64. The maximum atomic E-state index is 13.3. The summed E-state index contributed by atoms with van der Waals surface area (Å²) in [5, 5.41) is 2.66. The van der Waals surface area contributed by atoms with E-state index in [1.807, 2.05) is 29.3 Å². The average molecular weight is 460 g/mol. The van der Waals surface area contributed by atoms with E-state index in [-0.39, 0.29) is 5.91 Å². The molecule has 0 radical (unpaired) electrons. The zero-order valence-corrected chi connectivity index (χ0v) is 20.8. The third kappa shape index (κ3) is 5.87. The number of carbonyl (C=O) groups excluding carboxylic acids is 1. The van der Waals surface area contributed by atoms with E-state index in [4.69, 9.17) is 16.3 Å². The Morgan fingerprint density at radius 1 is 1.22 bits per heavy atom. The molecule has 1 aliphatic rings. The molecule has 0 unspecified atom stereocenters. The monoisotopic (exact) mass is 459 g/mol. The molecule has 0 bridgehead atoms. The minimum absolute atomic E-state index is 0.0508. The molecule has 0 saturated heterocycles. The summed E-state index contributed by atoms with van der Waals surface area (Å²) in [6, 6.07) is 7.68. The fraction of sp³-hybridized carbons (Fsp3) is 0.577. The average Bonchev–Trinajstić information content (AvgIpc) is 3.13. The van der Waals surface area contributed by atoms with Gasteiger partial charge in [-0.1, -0.05) is 51.1 Å². The van der Waals surface area contributed by atoms with Gasteiger partial charge >= 0.3 is 0 Å². The lowest BCUT2D eigenvalue weighted by molar-refractivity contribution is 0.0793. The molecule has 5 nitrogen and oxygen atoms in total. The van der Waals surface area contributed by atoms with Crippen molar-refractivity contribution in [3.8, 4) is 17.0 Å². The summed E-state index contributed by atoms with van der Waals surface area (Å²) in [5.74, 6) is 1.35. The first-order valence-corrected chi connectivity index (χ1v) is 12.5. The van der Waals surface area contributed by atoms with Crippen molar-refractivity contribution in [1.82, 2.24) is 15.0 Å². The highest BCUT2D eigenvalue weighted by Crippen LogP contribution is 2.37. The topological polar surface area (TPSA) is 46.5 Å². The molecule has 1 aromatic carbocycles. The lowest BCUT2D eigenvalue weighted by atomic mass is 9.89. The summed E-state index contributed by atoms with van der Waals surface area (Å²) in [5.41, 5.74) is 6.75. The van der Waals surface area contributed by atoms with Gasteiger partial charge in [0.1, 0.15) is 5.75 Å². The predicted octanol–water partition coefficient (Wildman–Crippen LogP) is 6.47. The van der Waals surface area contributed by atoms with Crippen LogP contribution in [0.2, 0.25) is 5.02 Å². The Hall–Kier alpha value is -1.98. The standard InChI is InChI=1S/C26H38ClN3O2/c1-5-7-15-29(6-2)28-26(31)22-17-24(23-16-21(27)13-14-25(23)32-4)30(19(22)3)18-20-11-9-8-10-12-20/h13-14,16-17,20H,5-12,15,18H2,1-4H3,(H,28,31). The molecular weight excluding hydrogens is 422 g/mol. The highest BCUT2D eigenvalue weighted by molar-refractivity contribution is 6.31. The quantitative estimate of drug-likeness (QED) is 0.414. The number of carbonyl (C=O) groups is 1. The Bertz CT molecular complexity index is 903. The van der Waals surface area contributed by atoms with Crippen LogP contribution < -0.4 is 10.2 Å². The van der Waals surface area contributed by atoms with Crippen molar-refractivity contribution in [1.29, 1.82) is 0 Å². The summed E-state index contributed by atoms with van der Waals surface area (Å²) in [7, 11) is 1.68. The van der Waals surface area contributed by atoms with Crippen LogP contribution >= 0.6 is 11.6 Å². The van der Waals surface area contributed by atoms with Crippen molar-refractivity contribution in [2.75, 3.05) is 20.2 Å². The molecule has 1 heterocycles. The van der Waals surface area contributed by atoms with Crippen molar-refractivity contribution in [2.24, 2.45) is 5.92 Å². The van der Waals surface area contributed by atoms with Gasteiger partial charge in [-0.2, -0.15) is 0 Å². The van der Waals surface area contributed by atoms with Crippen molar-refractivity contribution in [3.05, 3.63) is 40.5 Å². The smallest absolute Gasteiger partial charge is 0.267 e. The van der Waals surface area contributed by atoms with E-state index in [2.05, 4.69) is 30.8 Å². The van der Waals surface area contributed by atoms with Crippen LogP contribution in [0, 0.1) is 12.8 Å². The second-order valence-electron chi connectivity index (χ2n) is 8.86. The fourth-order valence-corrected chi connectivity index (χ4v) is 4.86. The molecule has 3 rings (SSSR count). The van der Waals surface area contributed by atoms with Gasteiger partial charge in [0.15, 0.2) is 0 Å². The van der Waals surface area contributed by atoms with Crippen molar-refractivity contribution in [2.45, 2.75) is 72.3 Å². The Balaban J connectivity index is 1.99. The summed E-state index contributed by atoms with van der Waals surface area (Å²) >= 11 is 6.36. The van der Waals surface area contributed by atoms with Gasteiger partial charge in [0, 0.05) is 35.9 Å². The maximum Gasteiger partial charge on any atom is 0.267 e. The Labute approximate surface area is 198 Å². The number of unbranched alkanes of at least 4 members (excludes halogenated alkanes) is 1. The normalized spacial score (nSPS) is 14.7. The number of methoxy groups -OCH3 is 1. The molecule has 6 heteroatoms. The highest BCUT2D eigenvalue weighted by Gasteiger charge is 2.24. The number of amides is 1. The van der Waals surface area contributed by atoms with Gasteiger partial charge in [-0.3, -0.25) is 10.2 Å². The van der Waals surface area contributed by atoms with Crippen LogP contribution in [0.25, 0.3) is 11.3 Å². The molecule has 176 valence electrons. The first-order chi connectivity index (χ1) is 15.5. The van der Waals surface area contributed by atoms with E-state index in [0.29, 0.717) is 16.5 Å². The molecule has 1 saturated carbocycles. The second-order valence-corrected chi connectivity index (χ2v) is 9.30. The van der Waals surface area contributed by atoms with Crippen LogP contribution in [0.1, 0.15) is 74.8 Å². The minimum Gasteiger partial charge on any atom is -0.496 e. The predicted molar refractivity (Wildman–Crippen MR) is 132 cm³/mol. The molecular formula is C26H38ClN3O2. The van der Waals surface area contributed by atoms with Crippen LogP contribution in [-0.2, 0) is 6.54 Å². The Kier molecular flexibility index (Phi) is 9.06. The number of hydrogen-bond acceptors (Lipinski definition) is 3. The molecule has 0 aliphatic heterocycles. The van der Waals surface area contributed by atoms with E-state index in [1.54, 1.807) is 7.11 Å². The molecule has 1 amide bonds. The first-order valence-electron chi connectivity index (χ1n) is 12.1. The van der Waals surface area contributed by atoms with E-state index >= 15 is 0 Å². The summed E-state index contributed by atoms with van der Waals surface area (Å²) < 4.78 is 7.96. The zero-order chi connectivity index (χ0) is 23.1. The Morgan fingerprint density at radius 2 is 1.97 bits per heavy atom. The molecule has 1 fully saturated rings. The number of aromatic nitrogens is 1. The lowest BCUT2D eigenvalue weighted by Crippen LogP contribution is -2.42. The zero-order valence-electron chi connectivity index (χ0n) is 20.0. The number of hydrogen-bond donors (Lipinski definition) is 1. The SMILES string of the molecule is CCCCN(CC)NC(=O)c1cc(-c2cc(Cl)ccc2OC)n(CC2CCCCC2)c1C. The Morgan fingerprint density at radius 3 is 2.62 bits per heavy atom. The number of rotatable bonds is 10. The molecule has 0 spiro atoms. The van der Waals surface area contributed by atoms with E-state index in [9.17, 15) is 4.79 Å². The van der Waals surface area contributed by atoms with Gasteiger partial charge < -0.3 is 9.30 Å². The molecule has 1 aromatic heterocycles. The largest absolute Gasteiger partial charge is 0.496 e. The fourth-order valence-electron chi connectivity index (χ4n) is 4.69. The van der Waals surface area contributed by atoms with Gasteiger partial charge in [-0.05, 0) is 56.4 Å². The number of hydrazine groups is 1. The maximum absolute atomic E-state index is 13.3. The van der Waals surface area contributed by atoms with Crippen molar-refractivity contribution in [3.63, 3.8) is 0 Å². The summed E-state index contributed by atoms with van der Waals surface area (Å²) in [6.07, 6.45) is 8.54. The summed E-state index contributed by atoms with van der Waals surface area (Å²) in [6.45, 7) is 8.84. The molecule has 2 aromatic rings. The second kappa shape index (κ2) is 11.8. The number of benzene rings is 1. The van der Waals surface area contributed by atoms with Crippen molar-refractivity contribution < 1.29 is 9.53 Å². The van der Waals surface area contributed by atoms with Gasteiger partial charge in [0.25, 0.3) is 5.91 Å². The van der Waals surface area contributed by atoms with Gasteiger partial charge in [-0.25, -0.2) is 5.01 Å². The number of nitrogens with zero attached hydrogens (tertiary/aromatic N) is 2. The van der Waals surface area contributed by atoms with Crippen LogP contribution in [0.5, 0.6) is 5.75 Å². The van der Waals surface area contributed by atoms with Gasteiger partial charge in [-0.15, -0.1) is 0 Å². The molecule has 0 atom stereocenters. The molecule has 1 aliphatic carbocycles. The lowest BCUT2D eigenvalue weighted by Gasteiger charge is -2.25. The number of ether oxygens (including phenoxy) is 1. The van der Waals surface area contributed by atoms with Crippen LogP contribution in [0.4, 0.5) is 0 Å². The van der Waals surface area contributed by atoms with E-state index < -0.39 is 0 Å².